The second kappa shape index (κ2) is 9.64. The molecule has 0 aromatic heterocycles. The Morgan fingerprint density at radius 2 is 1.83 bits per heavy atom. The van der Waals surface area contributed by atoms with Crippen LogP contribution in [0.4, 0.5) is 5.69 Å². The fourth-order valence-electron chi connectivity index (χ4n) is 3.28. The van der Waals surface area contributed by atoms with Gasteiger partial charge in [-0.2, -0.15) is 5.10 Å². The Hall–Kier alpha value is -3.75. The second-order valence-electron chi connectivity index (χ2n) is 6.85. The van der Waals surface area contributed by atoms with Gasteiger partial charge in [0.05, 0.1) is 23.8 Å². The number of nitrogens with zero attached hydrogens (tertiary/aromatic N) is 3. The molecule has 2 amide bonds. The number of nitro benzene ring substituents is 1. The standard InChI is InChI=1S/C21H22N4O5/c1-30-18-8-6-16(7-9-18)21(27)24-12-10-15(11-13-24)20(26)23-22-14-17-4-2-3-5-19(17)25(28)29/h2-9,14-15H,10-13H2,1H3,(H,23,26)/b22-14-. The van der Waals surface area contributed by atoms with Gasteiger partial charge in [0.1, 0.15) is 5.75 Å². The van der Waals surface area contributed by atoms with Crippen molar-refractivity contribution in [1.29, 1.82) is 0 Å². The molecule has 1 fully saturated rings. The molecule has 0 unspecified atom stereocenters. The van der Waals surface area contributed by atoms with Crippen LogP contribution in [0.25, 0.3) is 0 Å². The summed E-state index contributed by atoms with van der Waals surface area (Å²) in [5.41, 5.74) is 3.25. The normalized spacial score (nSPS) is 14.5. The highest BCUT2D eigenvalue weighted by Gasteiger charge is 2.27. The van der Waals surface area contributed by atoms with E-state index in [1.54, 1.807) is 54.5 Å². The summed E-state index contributed by atoms with van der Waals surface area (Å²) in [7, 11) is 1.57. The van der Waals surface area contributed by atoms with Crippen molar-refractivity contribution in [2.45, 2.75) is 12.8 Å². The van der Waals surface area contributed by atoms with Crippen molar-refractivity contribution in [3.63, 3.8) is 0 Å². The van der Waals surface area contributed by atoms with E-state index in [2.05, 4.69) is 10.5 Å². The first-order valence-electron chi connectivity index (χ1n) is 9.49. The van der Waals surface area contributed by atoms with Crippen LogP contribution in [0.2, 0.25) is 0 Å². The zero-order valence-corrected chi connectivity index (χ0v) is 16.5. The lowest BCUT2D eigenvalue weighted by atomic mass is 9.95. The lowest BCUT2D eigenvalue weighted by molar-refractivity contribution is -0.385. The minimum Gasteiger partial charge on any atom is -0.497 e. The molecule has 9 nitrogen and oxygen atoms in total. The average molecular weight is 410 g/mol. The summed E-state index contributed by atoms with van der Waals surface area (Å²) in [6.07, 6.45) is 2.31. The van der Waals surface area contributed by atoms with Crippen LogP contribution in [-0.2, 0) is 4.79 Å². The van der Waals surface area contributed by atoms with E-state index in [1.165, 1.54) is 12.3 Å². The van der Waals surface area contributed by atoms with Gasteiger partial charge in [-0.25, -0.2) is 5.43 Å². The number of hydrogen-bond donors (Lipinski definition) is 1. The second-order valence-corrected chi connectivity index (χ2v) is 6.85. The number of methoxy groups -OCH3 is 1. The van der Waals surface area contributed by atoms with Crippen LogP contribution in [-0.4, -0.2) is 48.1 Å². The fraction of sp³-hybridized carbons (Fsp3) is 0.286. The summed E-state index contributed by atoms with van der Waals surface area (Å²) >= 11 is 0. The molecule has 0 saturated carbocycles. The van der Waals surface area contributed by atoms with E-state index in [0.717, 1.165) is 0 Å². The number of carbonyl (C=O) groups excluding carboxylic acids is 2. The molecule has 0 bridgehead atoms. The Morgan fingerprint density at radius 3 is 2.47 bits per heavy atom. The van der Waals surface area contributed by atoms with Crippen LogP contribution in [0.1, 0.15) is 28.8 Å². The molecule has 30 heavy (non-hydrogen) atoms. The van der Waals surface area contributed by atoms with Gasteiger partial charge < -0.3 is 9.64 Å². The molecule has 2 aromatic carbocycles. The van der Waals surface area contributed by atoms with Crippen molar-refractivity contribution in [3.05, 3.63) is 69.8 Å². The molecular weight excluding hydrogens is 388 g/mol. The Balaban J connectivity index is 1.51. The smallest absolute Gasteiger partial charge is 0.278 e. The maximum Gasteiger partial charge on any atom is 0.278 e. The van der Waals surface area contributed by atoms with Crippen LogP contribution >= 0.6 is 0 Å². The number of carbonyl (C=O) groups is 2. The van der Waals surface area contributed by atoms with Gasteiger partial charge in [0.25, 0.3) is 11.6 Å². The van der Waals surface area contributed by atoms with Crippen molar-refractivity contribution in [1.82, 2.24) is 10.3 Å². The first-order chi connectivity index (χ1) is 14.5. The van der Waals surface area contributed by atoms with Crippen LogP contribution < -0.4 is 10.2 Å². The number of likely N-dealkylation sites (tertiary alicyclic amines) is 1. The van der Waals surface area contributed by atoms with E-state index >= 15 is 0 Å². The SMILES string of the molecule is COc1ccc(C(=O)N2CCC(C(=O)N/N=C\c3ccccc3[N+](=O)[O-])CC2)cc1. The van der Waals surface area contributed by atoms with Gasteiger partial charge in [0.2, 0.25) is 5.91 Å². The molecular formula is C21H22N4O5. The number of piperidine rings is 1. The zero-order chi connectivity index (χ0) is 21.5. The van der Waals surface area contributed by atoms with Gasteiger partial charge in [-0.3, -0.25) is 19.7 Å². The highest BCUT2D eigenvalue weighted by molar-refractivity contribution is 5.94. The molecule has 1 saturated heterocycles. The number of amides is 2. The van der Waals surface area contributed by atoms with E-state index in [9.17, 15) is 19.7 Å². The molecule has 0 radical (unpaired) electrons. The molecule has 1 N–H and O–H groups in total. The minimum absolute atomic E-state index is 0.0779. The largest absolute Gasteiger partial charge is 0.497 e. The van der Waals surface area contributed by atoms with Crippen LogP contribution in [0, 0.1) is 16.0 Å². The summed E-state index contributed by atoms with van der Waals surface area (Å²) in [5.74, 6) is 0.0726. The quantitative estimate of drug-likeness (QED) is 0.447. The first-order valence-corrected chi connectivity index (χ1v) is 9.49. The van der Waals surface area contributed by atoms with Crippen molar-refractivity contribution in [2.75, 3.05) is 20.2 Å². The van der Waals surface area contributed by atoms with Crippen LogP contribution in [0.15, 0.2) is 53.6 Å². The van der Waals surface area contributed by atoms with Gasteiger partial charge >= 0.3 is 0 Å². The maximum absolute atomic E-state index is 12.6. The predicted molar refractivity (Wildman–Crippen MR) is 110 cm³/mol. The Bertz CT molecular complexity index is 950. The highest BCUT2D eigenvalue weighted by atomic mass is 16.6. The molecule has 0 spiro atoms. The number of hydrogen-bond acceptors (Lipinski definition) is 6. The summed E-state index contributed by atoms with van der Waals surface area (Å²) in [5, 5.41) is 14.9. The van der Waals surface area contributed by atoms with E-state index in [4.69, 9.17) is 4.74 Å². The summed E-state index contributed by atoms with van der Waals surface area (Å²) in [4.78, 5) is 37.2. The lowest BCUT2D eigenvalue weighted by Gasteiger charge is -2.31. The molecule has 1 heterocycles. The maximum atomic E-state index is 12.6. The fourth-order valence-corrected chi connectivity index (χ4v) is 3.28. The lowest BCUT2D eigenvalue weighted by Crippen LogP contribution is -2.42. The van der Waals surface area contributed by atoms with E-state index < -0.39 is 4.92 Å². The topological polar surface area (TPSA) is 114 Å². The van der Waals surface area contributed by atoms with Gasteiger partial charge in [0, 0.05) is 30.6 Å². The van der Waals surface area contributed by atoms with Crippen molar-refractivity contribution in [3.8, 4) is 5.75 Å². The number of benzene rings is 2. The molecule has 156 valence electrons. The number of ether oxygens (including phenoxy) is 1. The van der Waals surface area contributed by atoms with Gasteiger partial charge in [-0.1, -0.05) is 12.1 Å². The van der Waals surface area contributed by atoms with Crippen molar-refractivity contribution in [2.24, 2.45) is 11.0 Å². The van der Waals surface area contributed by atoms with Crippen LogP contribution in [0.3, 0.4) is 0 Å². The zero-order valence-electron chi connectivity index (χ0n) is 16.5. The average Bonchev–Trinajstić information content (AvgIpc) is 2.79. The molecule has 0 aliphatic carbocycles. The monoisotopic (exact) mass is 410 g/mol. The minimum atomic E-state index is -0.501. The molecule has 2 aromatic rings. The summed E-state index contributed by atoms with van der Waals surface area (Å²) in [6.45, 7) is 0.938. The number of rotatable bonds is 6. The number of nitro groups is 1. The van der Waals surface area contributed by atoms with Crippen LogP contribution in [0.5, 0.6) is 5.75 Å². The third kappa shape index (κ3) is 4.99. The Kier molecular flexibility index (Phi) is 6.74. The van der Waals surface area contributed by atoms with Gasteiger partial charge in [-0.15, -0.1) is 0 Å². The first kappa shape index (κ1) is 21.0. The molecule has 1 aliphatic rings. The third-order valence-corrected chi connectivity index (χ3v) is 5.00. The van der Waals surface area contributed by atoms with Crippen molar-refractivity contribution >= 4 is 23.7 Å². The van der Waals surface area contributed by atoms with E-state index in [1.807, 2.05) is 0 Å². The molecule has 1 aliphatic heterocycles. The molecule has 0 atom stereocenters. The van der Waals surface area contributed by atoms with E-state index in [0.29, 0.717) is 42.8 Å². The summed E-state index contributed by atoms with van der Waals surface area (Å²) in [6, 6.07) is 13.1. The number of hydrazone groups is 1. The highest BCUT2D eigenvalue weighted by Crippen LogP contribution is 2.21. The number of nitrogens with one attached hydrogen (secondary N) is 1. The predicted octanol–water partition coefficient (Wildman–Crippen LogP) is 2.61. The third-order valence-electron chi connectivity index (χ3n) is 5.00. The Labute approximate surface area is 173 Å². The van der Waals surface area contributed by atoms with E-state index in [-0.39, 0.29) is 23.4 Å². The number of para-hydroxylation sites is 1. The molecule has 3 rings (SSSR count). The Morgan fingerprint density at radius 1 is 1.17 bits per heavy atom. The van der Waals surface area contributed by atoms with Gasteiger partial charge in [0.15, 0.2) is 0 Å². The van der Waals surface area contributed by atoms with Crippen molar-refractivity contribution < 1.29 is 19.2 Å². The summed E-state index contributed by atoms with van der Waals surface area (Å²) < 4.78 is 5.10. The van der Waals surface area contributed by atoms with Gasteiger partial charge in [-0.05, 0) is 43.2 Å². The molecule has 9 heteroatoms.